The summed E-state index contributed by atoms with van der Waals surface area (Å²) in [4.78, 5) is 12.1. The van der Waals surface area contributed by atoms with Crippen molar-refractivity contribution < 1.29 is 0 Å². The van der Waals surface area contributed by atoms with E-state index in [-0.39, 0.29) is 0 Å². The molecular weight excluding hydrogens is 544 g/mol. The third kappa shape index (κ3) is 6.70. The standard InChI is InChI=1S/C10H13N.C9H10N2.C9H12N2.C8H9N3/c1-7-5-8-3-2-4-10(11)9(8)6-7;1-6-4-7-2-3-11-9(10)8(7)5-6;1-6-2-3-8-7(6)4-5-11-9(8)10;1-11-5-3-6-7(11)2-4-10-8(6)9/h2-4,7H,5-6,11H2,1H3;2-3,5H,4H2,1H3,(H2,10,11);4-6H,2-3H2,1H3,(H2,10,11);2-5H,1H3,(H2,9,10). The molecule has 4 heterocycles. The number of hydrogen-bond acceptors (Lipinski definition) is 7. The van der Waals surface area contributed by atoms with Crippen molar-refractivity contribution >= 4 is 40.1 Å². The van der Waals surface area contributed by atoms with Gasteiger partial charge in [0.1, 0.15) is 17.5 Å². The molecule has 8 rings (SSSR count). The summed E-state index contributed by atoms with van der Waals surface area (Å²) >= 11 is 0. The number of anilines is 4. The van der Waals surface area contributed by atoms with E-state index >= 15 is 0 Å². The zero-order valence-corrected chi connectivity index (χ0v) is 26.2. The topological polar surface area (TPSA) is 148 Å². The first-order chi connectivity index (χ1) is 21.1. The predicted molar refractivity (Wildman–Crippen MR) is 184 cm³/mol. The molecule has 0 aliphatic heterocycles. The molecule has 8 N–H and O–H groups in total. The maximum atomic E-state index is 5.83. The molecule has 0 bridgehead atoms. The number of pyridine rings is 3. The number of rotatable bonds is 0. The molecule has 0 radical (unpaired) electrons. The second-order valence-electron chi connectivity index (χ2n) is 12.2. The lowest BCUT2D eigenvalue weighted by Crippen LogP contribution is -1.96. The van der Waals surface area contributed by atoms with Gasteiger partial charge in [-0.1, -0.05) is 37.6 Å². The van der Waals surface area contributed by atoms with E-state index in [2.05, 4.69) is 53.9 Å². The molecule has 0 saturated heterocycles. The van der Waals surface area contributed by atoms with Gasteiger partial charge in [-0.05, 0) is 109 Å². The van der Waals surface area contributed by atoms with Gasteiger partial charge in [0.05, 0.1) is 5.52 Å². The summed E-state index contributed by atoms with van der Waals surface area (Å²) in [7, 11) is 1.99. The van der Waals surface area contributed by atoms with E-state index in [4.69, 9.17) is 22.9 Å². The Morgan fingerprint density at radius 3 is 2.23 bits per heavy atom. The highest BCUT2D eigenvalue weighted by atomic mass is 14.9. The number of hydrogen-bond donors (Lipinski definition) is 4. The van der Waals surface area contributed by atoms with E-state index in [0.717, 1.165) is 46.7 Å². The minimum atomic E-state index is 0.600. The lowest BCUT2D eigenvalue weighted by atomic mass is 10.1. The summed E-state index contributed by atoms with van der Waals surface area (Å²) < 4.78 is 2.02. The maximum absolute atomic E-state index is 5.83. The Balaban J connectivity index is 0.000000116. The number of allylic oxidation sites excluding steroid dienone is 1. The first kappa shape index (κ1) is 30.6. The van der Waals surface area contributed by atoms with Crippen LogP contribution in [0.15, 0.2) is 72.8 Å². The Bertz CT molecular complexity index is 1800. The Hall–Kier alpha value is -4.85. The second-order valence-corrected chi connectivity index (χ2v) is 12.2. The molecule has 0 fully saturated rings. The number of aryl methyl sites for hydroxylation is 1. The van der Waals surface area contributed by atoms with Crippen molar-refractivity contribution in [1.29, 1.82) is 0 Å². The number of nitrogens with two attached hydrogens (primary N) is 4. The Labute approximate surface area is 260 Å². The van der Waals surface area contributed by atoms with Gasteiger partial charge in [0.2, 0.25) is 0 Å². The van der Waals surface area contributed by atoms with Crippen LogP contribution in [0.1, 0.15) is 66.5 Å². The second kappa shape index (κ2) is 13.2. The molecule has 44 heavy (non-hydrogen) atoms. The normalized spacial score (nSPS) is 17.1. The van der Waals surface area contributed by atoms with Gasteiger partial charge in [0, 0.05) is 48.5 Å². The van der Waals surface area contributed by atoms with Crippen LogP contribution in [0.5, 0.6) is 0 Å². The fourth-order valence-electron chi connectivity index (χ4n) is 6.34. The van der Waals surface area contributed by atoms with Crippen molar-refractivity contribution in [1.82, 2.24) is 19.5 Å². The van der Waals surface area contributed by atoms with Crippen LogP contribution in [0.25, 0.3) is 17.0 Å². The van der Waals surface area contributed by atoms with Crippen molar-refractivity contribution in [3.63, 3.8) is 0 Å². The molecule has 8 heteroatoms. The maximum Gasteiger partial charge on any atom is 0.132 e. The number of fused-ring (bicyclic) bond motifs is 4. The molecule has 1 aromatic carbocycles. The number of nitrogen functional groups attached to an aromatic ring is 4. The van der Waals surface area contributed by atoms with E-state index in [9.17, 15) is 0 Å². The van der Waals surface area contributed by atoms with Crippen LogP contribution in [-0.4, -0.2) is 19.5 Å². The highest BCUT2D eigenvalue weighted by Crippen LogP contribution is 2.34. The average molecular weight is 589 g/mol. The van der Waals surface area contributed by atoms with Crippen LogP contribution in [0, 0.1) is 5.92 Å². The molecule has 3 aliphatic carbocycles. The SMILES string of the molecule is CC1=Cc2c(ccnc2N)C1.CC1CCc2c1ccnc2N.CC1Cc2cccc(N)c2C1.Cn1ccc2c(N)nccc21. The van der Waals surface area contributed by atoms with Gasteiger partial charge >= 0.3 is 0 Å². The minimum Gasteiger partial charge on any atom is -0.398 e. The van der Waals surface area contributed by atoms with E-state index in [1.54, 1.807) is 18.6 Å². The quantitative estimate of drug-likeness (QED) is 0.151. The number of aromatic nitrogens is 4. The monoisotopic (exact) mass is 588 g/mol. The summed E-state index contributed by atoms with van der Waals surface area (Å²) in [6.45, 7) is 6.63. The van der Waals surface area contributed by atoms with Gasteiger partial charge in [-0.3, -0.25) is 0 Å². The van der Waals surface area contributed by atoms with Crippen molar-refractivity contribution in [2.45, 2.75) is 58.8 Å². The molecule has 0 saturated carbocycles. The molecule has 3 aliphatic rings. The molecule has 5 aromatic rings. The summed E-state index contributed by atoms with van der Waals surface area (Å²) in [5.74, 6) is 3.44. The van der Waals surface area contributed by atoms with Crippen LogP contribution >= 0.6 is 0 Å². The zero-order valence-electron chi connectivity index (χ0n) is 26.2. The fraction of sp³-hybridized carbons (Fsp3) is 0.306. The van der Waals surface area contributed by atoms with Gasteiger partial charge in [-0.2, -0.15) is 0 Å². The molecule has 228 valence electrons. The summed E-state index contributed by atoms with van der Waals surface area (Å²) in [5, 5.41) is 1.02. The third-order valence-electron chi connectivity index (χ3n) is 8.73. The molecule has 0 amide bonds. The Kier molecular flexibility index (Phi) is 9.18. The lowest BCUT2D eigenvalue weighted by molar-refractivity contribution is 0.628. The van der Waals surface area contributed by atoms with Gasteiger partial charge in [-0.15, -0.1) is 0 Å². The van der Waals surface area contributed by atoms with Crippen molar-refractivity contribution in [2.75, 3.05) is 22.9 Å². The van der Waals surface area contributed by atoms with E-state index in [0.29, 0.717) is 17.6 Å². The zero-order chi connectivity index (χ0) is 31.4. The molecule has 2 atom stereocenters. The van der Waals surface area contributed by atoms with Gasteiger partial charge in [0.15, 0.2) is 0 Å². The van der Waals surface area contributed by atoms with Crippen molar-refractivity contribution in [3.05, 3.63) is 106 Å². The first-order valence-electron chi connectivity index (χ1n) is 15.3. The average Bonchev–Trinajstić information content (AvgIpc) is 3.77. The van der Waals surface area contributed by atoms with E-state index in [1.807, 2.05) is 48.1 Å². The van der Waals surface area contributed by atoms with Crippen molar-refractivity contribution in [3.8, 4) is 0 Å². The summed E-state index contributed by atoms with van der Waals surface area (Å²) in [6, 6.07) is 14.3. The van der Waals surface area contributed by atoms with Gasteiger partial charge in [-0.25, -0.2) is 15.0 Å². The third-order valence-corrected chi connectivity index (χ3v) is 8.73. The summed E-state index contributed by atoms with van der Waals surface area (Å²) in [6.07, 6.45) is 15.1. The van der Waals surface area contributed by atoms with E-state index in [1.165, 1.54) is 52.7 Å². The predicted octanol–water partition coefficient (Wildman–Crippen LogP) is 6.50. The molecule has 2 unspecified atom stereocenters. The number of nitrogens with zero attached hydrogens (tertiary/aromatic N) is 4. The fourth-order valence-corrected chi connectivity index (χ4v) is 6.34. The van der Waals surface area contributed by atoms with Crippen LogP contribution in [-0.2, 0) is 32.7 Å². The van der Waals surface area contributed by atoms with Gasteiger partial charge < -0.3 is 27.5 Å². The van der Waals surface area contributed by atoms with E-state index < -0.39 is 0 Å². The molecule has 8 nitrogen and oxygen atoms in total. The molecule has 4 aromatic heterocycles. The largest absolute Gasteiger partial charge is 0.398 e. The van der Waals surface area contributed by atoms with Gasteiger partial charge in [0.25, 0.3) is 0 Å². The highest BCUT2D eigenvalue weighted by Gasteiger charge is 2.20. The lowest BCUT2D eigenvalue weighted by Gasteiger charge is -2.03. The molecular formula is C36H44N8. The minimum absolute atomic E-state index is 0.600. The Morgan fingerprint density at radius 2 is 1.50 bits per heavy atom. The van der Waals surface area contributed by atoms with Crippen molar-refractivity contribution in [2.24, 2.45) is 13.0 Å². The molecule has 0 spiro atoms. The van der Waals surface area contributed by atoms with Crippen LogP contribution in [0.4, 0.5) is 23.1 Å². The number of benzene rings is 1. The first-order valence-corrected chi connectivity index (χ1v) is 15.3. The highest BCUT2D eigenvalue weighted by molar-refractivity contribution is 5.88. The van der Waals surface area contributed by atoms with Crippen LogP contribution < -0.4 is 22.9 Å². The Morgan fingerprint density at radius 1 is 0.773 bits per heavy atom. The van der Waals surface area contributed by atoms with Crippen LogP contribution in [0.2, 0.25) is 0 Å². The smallest absolute Gasteiger partial charge is 0.132 e. The summed E-state index contributed by atoms with van der Waals surface area (Å²) in [5.41, 5.74) is 34.3. The van der Waals surface area contributed by atoms with Crippen LogP contribution in [0.3, 0.4) is 0 Å².